The molecule has 3 rings (SSSR count). The van der Waals surface area contributed by atoms with Gasteiger partial charge in [-0.05, 0) is 32.6 Å². The second-order valence-corrected chi connectivity index (χ2v) is 9.00. The maximum absolute atomic E-state index is 13.0. The van der Waals surface area contributed by atoms with Gasteiger partial charge < -0.3 is 5.32 Å². The normalized spacial score (nSPS) is 21.3. The van der Waals surface area contributed by atoms with Crippen LogP contribution in [0.5, 0.6) is 0 Å². The van der Waals surface area contributed by atoms with Crippen LogP contribution in [-0.4, -0.2) is 65.7 Å². The van der Waals surface area contributed by atoms with Crippen LogP contribution >= 0.6 is 0 Å². The molecule has 1 aliphatic heterocycles. The highest BCUT2D eigenvalue weighted by Crippen LogP contribution is 2.25. The predicted octanol–water partition coefficient (Wildman–Crippen LogP) is -0.236. The Morgan fingerprint density at radius 1 is 1.38 bits per heavy atom. The second-order valence-electron chi connectivity index (χ2n) is 7.07. The fraction of sp³-hybridized carbons (Fsp3) is 0.688. The van der Waals surface area contributed by atoms with Crippen LogP contribution in [0.2, 0.25) is 0 Å². The third kappa shape index (κ3) is 4.07. The highest BCUT2D eigenvalue weighted by Gasteiger charge is 2.40. The van der Waals surface area contributed by atoms with Gasteiger partial charge in [-0.2, -0.15) is 9.40 Å². The molecule has 1 aromatic heterocycles. The minimum Gasteiger partial charge on any atom is -0.352 e. The van der Waals surface area contributed by atoms with E-state index >= 15 is 0 Å². The van der Waals surface area contributed by atoms with Crippen LogP contribution in [0.4, 0.5) is 5.82 Å². The summed E-state index contributed by atoms with van der Waals surface area (Å²) in [5.41, 5.74) is 0.779. The number of aromatic nitrogens is 2. The lowest BCUT2D eigenvalue weighted by Gasteiger charge is -2.36. The van der Waals surface area contributed by atoms with Gasteiger partial charge in [-0.15, -0.1) is 0 Å². The number of anilines is 1. The minimum atomic E-state index is -3.72. The van der Waals surface area contributed by atoms with E-state index in [2.05, 4.69) is 10.4 Å². The first-order valence-electron chi connectivity index (χ1n) is 8.75. The Balaban J connectivity index is 1.82. The molecule has 26 heavy (non-hydrogen) atoms. The van der Waals surface area contributed by atoms with Crippen molar-refractivity contribution in [2.75, 3.05) is 24.2 Å². The SMILES string of the molecule is Cc1cc(N2CCCC(N(CC(=O)NC3CC3)S(C)(=O)=O)C2=O)n(C)n1. The van der Waals surface area contributed by atoms with E-state index in [-0.39, 0.29) is 24.4 Å². The van der Waals surface area contributed by atoms with E-state index in [0.717, 1.165) is 29.1 Å². The molecule has 0 radical (unpaired) electrons. The van der Waals surface area contributed by atoms with Crippen molar-refractivity contribution in [3.63, 3.8) is 0 Å². The predicted molar refractivity (Wildman–Crippen MR) is 96.0 cm³/mol. The quantitative estimate of drug-likeness (QED) is 0.730. The number of nitrogens with zero attached hydrogens (tertiary/aromatic N) is 4. The monoisotopic (exact) mass is 383 g/mol. The minimum absolute atomic E-state index is 0.139. The Morgan fingerprint density at radius 2 is 2.08 bits per heavy atom. The van der Waals surface area contributed by atoms with Gasteiger partial charge >= 0.3 is 0 Å². The van der Waals surface area contributed by atoms with Crippen LogP contribution in [0, 0.1) is 6.92 Å². The Labute approximate surface area is 153 Å². The molecular formula is C16H25N5O4S. The smallest absolute Gasteiger partial charge is 0.246 e. The van der Waals surface area contributed by atoms with Crippen LogP contribution in [0.15, 0.2) is 6.07 Å². The molecule has 1 aromatic rings. The molecule has 9 nitrogen and oxygen atoms in total. The maximum atomic E-state index is 13.0. The first-order valence-corrected chi connectivity index (χ1v) is 10.6. The summed E-state index contributed by atoms with van der Waals surface area (Å²) in [7, 11) is -1.97. The molecule has 1 atom stereocenters. The van der Waals surface area contributed by atoms with Crippen molar-refractivity contribution in [3.8, 4) is 0 Å². The molecule has 2 heterocycles. The van der Waals surface area contributed by atoms with E-state index in [0.29, 0.717) is 25.2 Å². The summed E-state index contributed by atoms with van der Waals surface area (Å²) < 4.78 is 27.2. The van der Waals surface area contributed by atoms with Gasteiger partial charge in [0.1, 0.15) is 11.9 Å². The van der Waals surface area contributed by atoms with E-state index < -0.39 is 16.1 Å². The lowest BCUT2D eigenvalue weighted by Crippen LogP contribution is -2.56. The number of nitrogens with one attached hydrogen (secondary N) is 1. The van der Waals surface area contributed by atoms with Crippen LogP contribution in [-0.2, 0) is 26.7 Å². The fourth-order valence-corrected chi connectivity index (χ4v) is 4.31. The van der Waals surface area contributed by atoms with E-state index in [1.165, 1.54) is 0 Å². The Kier molecular flexibility index (Phi) is 5.07. The summed E-state index contributed by atoms with van der Waals surface area (Å²) in [6.07, 6.45) is 3.92. The van der Waals surface area contributed by atoms with Crippen molar-refractivity contribution in [1.82, 2.24) is 19.4 Å². The summed E-state index contributed by atoms with van der Waals surface area (Å²) in [6.45, 7) is 2.00. The number of piperidine rings is 1. The topological polar surface area (TPSA) is 105 Å². The second kappa shape index (κ2) is 6.99. The molecule has 10 heteroatoms. The third-order valence-electron chi connectivity index (χ3n) is 4.68. The highest BCUT2D eigenvalue weighted by molar-refractivity contribution is 7.88. The molecule has 2 amide bonds. The molecule has 2 fully saturated rings. The summed E-state index contributed by atoms with van der Waals surface area (Å²) in [5.74, 6) is -0.0452. The zero-order valence-corrected chi connectivity index (χ0v) is 16.1. The average Bonchev–Trinajstić information content (AvgIpc) is 3.27. The van der Waals surface area contributed by atoms with Gasteiger partial charge in [0.05, 0.1) is 18.5 Å². The highest BCUT2D eigenvalue weighted by atomic mass is 32.2. The van der Waals surface area contributed by atoms with Crippen molar-refractivity contribution < 1.29 is 18.0 Å². The molecule has 0 spiro atoms. The molecule has 144 valence electrons. The summed E-state index contributed by atoms with van der Waals surface area (Å²) in [6, 6.07) is 1.06. The Bertz CT molecular complexity index is 815. The number of carbonyl (C=O) groups is 2. The molecule has 1 aliphatic carbocycles. The average molecular weight is 383 g/mol. The molecule has 1 saturated carbocycles. The van der Waals surface area contributed by atoms with Crippen LogP contribution in [0.25, 0.3) is 0 Å². The van der Waals surface area contributed by atoms with Crippen LogP contribution in [0.1, 0.15) is 31.4 Å². The maximum Gasteiger partial charge on any atom is 0.246 e. The lowest BCUT2D eigenvalue weighted by molar-refractivity contribution is -0.126. The number of hydrogen-bond donors (Lipinski definition) is 1. The van der Waals surface area contributed by atoms with Gasteiger partial charge in [0.2, 0.25) is 21.8 Å². The molecule has 2 aliphatic rings. The standard InChI is InChI=1S/C16H25N5O4S/c1-11-9-15(19(2)18-11)20-8-4-5-13(16(20)23)21(26(3,24)25)10-14(22)17-12-6-7-12/h9,12-13H,4-8,10H2,1-3H3,(H,17,22). The van der Waals surface area contributed by atoms with Crippen molar-refractivity contribution in [2.45, 2.75) is 44.7 Å². The van der Waals surface area contributed by atoms with E-state index in [1.54, 1.807) is 22.7 Å². The van der Waals surface area contributed by atoms with Gasteiger partial charge in [0, 0.05) is 25.7 Å². The van der Waals surface area contributed by atoms with E-state index in [4.69, 9.17) is 0 Å². The number of hydrogen-bond acceptors (Lipinski definition) is 5. The largest absolute Gasteiger partial charge is 0.352 e. The van der Waals surface area contributed by atoms with Crippen molar-refractivity contribution in [1.29, 1.82) is 0 Å². The number of aryl methyl sites for hydroxylation is 2. The van der Waals surface area contributed by atoms with Crippen molar-refractivity contribution in [3.05, 3.63) is 11.8 Å². The number of rotatable bonds is 6. The number of amides is 2. The van der Waals surface area contributed by atoms with Gasteiger partial charge in [-0.1, -0.05) is 0 Å². The molecule has 1 unspecified atom stereocenters. The number of sulfonamides is 1. The first kappa shape index (κ1) is 18.8. The first-order chi connectivity index (χ1) is 12.2. The summed E-state index contributed by atoms with van der Waals surface area (Å²) in [5, 5.41) is 7.04. The van der Waals surface area contributed by atoms with Crippen LogP contribution < -0.4 is 10.2 Å². The molecule has 1 N–H and O–H groups in total. The Hall–Kier alpha value is -1.94. The third-order valence-corrected chi connectivity index (χ3v) is 5.92. The Morgan fingerprint density at radius 3 is 2.62 bits per heavy atom. The van der Waals surface area contributed by atoms with Crippen molar-refractivity contribution >= 4 is 27.7 Å². The van der Waals surface area contributed by atoms with E-state index in [9.17, 15) is 18.0 Å². The molecule has 0 bridgehead atoms. The summed E-state index contributed by atoms with van der Waals surface area (Å²) >= 11 is 0. The zero-order chi connectivity index (χ0) is 19.1. The van der Waals surface area contributed by atoms with Gasteiger partial charge in [-0.3, -0.25) is 19.2 Å². The van der Waals surface area contributed by atoms with Gasteiger partial charge in [0.25, 0.3) is 0 Å². The summed E-state index contributed by atoms with van der Waals surface area (Å²) in [4.78, 5) is 26.8. The van der Waals surface area contributed by atoms with E-state index in [1.807, 2.05) is 6.92 Å². The lowest BCUT2D eigenvalue weighted by atomic mass is 10.0. The molecular weight excluding hydrogens is 358 g/mol. The number of carbonyl (C=O) groups excluding carboxylic acids is 2. The van der Waals surface area contributed by atoms with Crippen molar-refractivity contribution in [2.24, 2.45) is 7.05 Å². The molecule has 0 aromatic carbocycles. The van der Waals surface area contributed by atoms with Gasteiger partial charge in [-0.25, -0.2) is 8.42 Å². The fourth-order valence-electron chi connectivity index (χ4n) is 3.30. The molecule has 1 saturated heterocycles. The van der Waals surface area contributed by atoms with Crippen LogP contribution in [0.3, 0.4) is 0 Å². The zero-order valence-electron chi connectivity index (χ0n) is 15.3. The van der Waals surface area contributed by atoms with Gasteiger partial charge in [0.15, 0.2) is 0 Å².